The molecule has 0 saturated carbocycles. The van der Waals surface area contributed by atoms with Crippen LogP contribution in [-0.2, 0) is 11.0 Å². The van der Waals surface area contributed by atoms with Gasteiger partial charge in [-0.1, -0.05) is 12.1 Å². The third-order valence-electron chi connectivity index (χ3n) is 3.92. The second kappa shape index (κ2) is 9.04. The van der Waals surface area contributed by atoms with Crippen LogP contribution in [0.15, 0.2) is 69.8 Å². The molecule has 156 valence electrons. The van der Waals surface area contributed by atoms with Crippen molar-refractivity contribution in [2.24, 2.45) is 0 Å². The summed E-state index contributed by atoms with van der Waals surface area (Å²) in [4.78, 5) is 24.1. The average molecular weight is 482 g/mol. The molecule has 1 heterocycles. The van der Waals surface area contributed by atoms with E-state index in [-0.39, 0.29) is 23.7 Å². The Morgan fingerprint density at radius 2 is 1.73 bits per heavy atom. The first kappa shape index (κ1) is 21.4. The van der Waals surface area contributed by atoms with Crippen LogP contribution in [0.4, 0.5) is 30.2 Å². The van der Waals surface area contributed by atoms with E-state index in [0.29, 0.717) is 10.2 Å². The summed E-state index contributed by atoms with van der Waals surface area (Å²) in [7, 11) is 0. The molecule has 0 aliphatic rings. The van der Waals surface area contributed by atoms with Crippen molar-refractivity contribution in [1.82, 2.24) is 0 Å². The number of hydrogen-bond acceptors (Lipinski definition) is 4. The number of alkyl halides is 3. The van der Waals surface area contributed by atoms with Gasteiger partial charge in [0.2, 0.25) is 5.91 Å². The Bertz CT molecular complexity index is 1050. The summed E-state index contributed by atoms with van der Waals surface area (Å²) in [5, 5.41) is 7.43. The lowest BCUT2D eigenvalue weighted by Gasteiger charge is -2.16. The van der Waals surface area contributed by atoms with Crippen LogP contribution in [0.1, 0.15) is 16.1 Å². The zero-order chi connectivity index (χ0) is 21.7. The summed E-state index contributed by atoms with van der Waals surface area (Å²) < 4.78 is 46.0. The van der Waals surface area contributed by atoms with Crippen LogP contribution in [0.2, 0.25) is 0 Å². The fraction of sp³-hybridized carbons (Fsp3) is 0.100. The molecule has 0 bridgehead atoms. The normalized spacial score (nSPS) is 11.1. The number of anilines is 3. The fourth-order valence-corrected chi connectivity index (χ4v) is 2.93. The van der Waals surface area contributed by atoms with E-state index in [1.807, 2.05) is 0 Å². The smallest absolute Gasteiger partial charge is 0.418 e. The second-order valence-corrected chi connectivity index (χ2v) is 6.93. The van der Waals surface area contributed by atoms with Gasteiger partial charge in [0.15, 0.2) is 5.76 Å². The highest BCUT2D eigenvalue weighted by molar-refractivity contribution is 9.10. The molecule has 0 saturated heterocycles. The van der Waals surface area contributed by atoms with Crippen molar-refractivity contribution >= 4 is 44.8 Å². The van der Waals surface area contributed by atoms with Crippen molar-refractivity contribution < 1.29 is 27.2 Å². The third-order valence-corrected chi connectivity index (χ3v) is 4.61. The van der Waals surface area contributed by atoms with Crippen LogP contribution in [0.25, 0.3) is 0 Å². The lowest BCUT2D eigenvalue weighted by atomic mass is 10.1. The van der Waals surface area contributed by atoms with E-state index < -0.39 is 23.6 Å². The Morgan fingerprint density at radius 1 is 0.967 bits per heavy atom. The predicted molar refractivity (Wildman–Crippen MR) is 109 cm³/mol. The molecule has 0 fully saturated rings. The largest absolute Gasteiger partial charge is 0.459 e. The van der Waals surface area contributed by atoms with Gasteiger partial charge in [0.05, 0.1) is 24.1 Å². The second-order valence-electron chi connectivity index (χ2n) is 6.07. The van der Waals surface area contributed by atoms with Crippen molar-refractivity contribution in [2.45, 2.75) is 6.18 Å². The molecule has 2 aromatic carbocycles. The summed E-state index contributed by atoms with van der Waals surface area (Å²) in [6.45, 7) is -0.386. The Labute approximate surface area is 177 Å². The van der Waals surface area contributed by atoms with E-state index in [1.54, 1.807) is 24.3 Å². The van der Waals surface area contributed by atoms with Crippen LogP contribution in [0, 0.1) is 0 Å². The van der Waals surface area contributed by atoms with Crippen LogP contribution in [0.3, 0.4) is 0 Å². The zero-order valence-corrected chi connectivity index (χ0v) is 16.8. The van der Waals surface area contributed by atoms with Gasteiger partial charge in [0, 0.05) is 15.8 Å². The summed E-state index contributed by atoms with van der Waals surface area (Å²) >= 11 is 3.28. The number of amides is 2. The molecular weight excluding hydrogens is 467 g/mol. The first-order valence-corrected chi connectivity index (χ1v) is 9.37. The minimum absolute atomic E-state index is 0.0329. The Balaban J connectivity index is 1.71. The van der Waals surface area contributed by atoms with Crippen LogP contribution in [0.5, 0.6) is 0 Å². The SMILES string of the molecule is O=C(CNc1ccc(NC(=O)c2ccco2)cc1C(F)(F)F)Nc1ccccc1Br. The van der Waals surface area contributed by atoms with Crippen molar-refractivity contribution in [2.75, 3.05) is 22.5 Å². The predicted octanol–water partition coefficient (Wildman–Crippen LogP) is 5.36. The van der Waals surface area contributed by atoms with E-state index in [0.717, 1.165) is 12.1 Å². The molecule has 30 heavy (non-hydrogen) atoms. The molecule has 10 heteroatoms. The quantitative estimate of drug-likeness (QED) is 0.442. The van der Waals surface area contributed by atoms with Crippen molar-refractivity contribution in [3.05, 3.63) is 76.7 Å². The number of nitrogens with one attached hydrogen (secondary N) is 3. The van der Waals surface area contributed by atoms with Gasteiger partial charge in [-0.2, -0.15) is 13.2 Å². The summed E-state index contributed by atoms with van der Waals surface area (Å²) in [6, 6.07) is 13.0. The molecule has 3 rings (SSSR count). The van der Waals surface area contributed by atoms with Gasteiger partial charge in [0.25, 0.3) is 5.91 Å². The van der Waals surface area contributed by atoms with Gasteiger partial charge >= 0.3 is 6.18 Å². The first-order chi connectivity index (χ1) is 14.2. The van der Waals surface area contributed by atoms with Crippen LogP contribution >= 0.6 is 15.9 Å². The van der Waals surface area contributed by atoms with Crippen molar-refractivity contribution in [3.8, 4) is 0 Å². The standard InChI is InChI=1S/C20H15BrF3N3O3/c21-14-4-1-2-5-16(14)27-18(28)11-25-15-8-7-12(10-13(15)20(22,23)24)26-19(29)17-6-3-9-30-17/h1-10,25H,11H2,(H,26,29)(H,27,28). The fourth-order valence-electron chi connectivity index (χ4n) is 2.54. The number of para-hydroxylation sites is 1. The number of carbonyl (C=O) groups is 2. The van der Waals surface area contributed by atoms with Crippen molar-refractivity contribution in [1.29, 1.82) is 0 Å². The maximum atomic E-state index is 13.5. The highest BCUT2D eigenvalue weighted by Gasteiger charge is 2.34. The number of halogens is 4. The summed E-state index contributed by atoms with van der Waals surface area (Å²) in [6.07, 6.45) is -3.42. The highest BCUT2D eigenvalue weighted by atomic mass is 79.9. The summed E-state index contributed by atoms with van der Waals surface area (Å²) in [5.41, 5.74) is -0.877. The Morgan fingerprint density at radius 3 is 2.40 bits per heavy atom. The lowest BCUT2D eigenvalue weighted by molar-refractivity contribution is -0.137. The molecule has 0 unspecified atom stereocenters. The molecule has 1 aromatic heterocycles. The van der Waals surface area contributed by atoms with E-state index in [2.05, 4.69) is 31.9 Å². The third kappa shape index (κ3) is 5.41. The van der Waals surface area contributed by atoms with E-state index in [1.165, 1.54) is 24.5 Å². The average Bonchev–Trinajstić information content (AvgIpc) is 3.23. The van der Waals surface area contributed by atoms with Crippen LogP contribution in [-0.4, -0.2) is 18.4 Å². The van der Waals surface area contributed by atoms with Gasteiger partial charge < -0.3 is 20.4 Å². The van der Waals surface area contributed by atoms with Gasteiger partial charge in [0.1, 0.15) is 0 Å². The van der Waals surface area contributed by atoms with Gasteiger partial charge in [-0.25, -0.2) is 0 Å². The maximum absolute atomic E-state index is 13.5. The molecule has 0 radical (unpaired) electrons. The Kier molecular flexibility index (Phi) is 6.46. The number of furan rings is 1. The van der Waals surface area contributed by atoms with E-state index >= 15 is 0 Å². The number of carbonyl (C=O) groups excluding carboxylic acids is 2. The number of hydrogen-bond donors (Lipinski definition) is 3. The number of benzene rings is 2. The van der Waals surface area contributed by atoms with Gasteiger partial charge in [-0.3, -0.25) is 9.59 Å². The topological polar surface area (TPSA) is 83.4 Å². The van der Waals surface area contributed by atoms with E-state index in [4.69, 9.17) is 4.42 Å². The molecule has 6 nitrogen and oxygen atoms in total. The van der Waals surface area contributed by atoms with Crippen LogP contribution < -0.4 is 16.0 Å². The molecule has 0 aliphatic carbocycles. The number of rotatable bonds is 6. The molecular formula is C20H15BrF3N3O3. The molecule has 0 spiro atoms. The molecule has 3 N–H and O–H groups in total. The Hall–Kier alpha value is -3.27. The van der Waals surface area contributed by atoms with Gasteiger partial charge in [-0.05, 0) is 58.4 Å². The lowest BCUT2D eigenvalue weighted by Crippen LogP contribution is -2.23. The van der Waals surface area contributed by atoms with E-state index in [9.17, 15) is 22.8 Å². The van der Waals surface area contributed by atoms with Gasteiger partial charge in [-0.15, -0.1) is 0 Å². The minimum atomic E-state index is -4.70. The molecule has 3 aromatic rings. The molecule has 0 atom stereocenters. The first-order valence-electron chi connectivity index (χ1n) is 8.58. The minimum Gasteiger partial charge on any atom is -0.459 e. The van der Waals surface area contributed by atoms with Crippen molar-refractivity contribution in [3.63, 3.8) is 0 Å². The molecule has 2 amide bonds. The molecule has 0 aliphatic heterocycles. The maximum Gasteiger partial charge on any atom is 0.418 e. The monoisotopic (exact) mass is 481 g/mol. The summed E-state index contributed by atoms with van der Waals surface area (Å²) in [5.74, 6) is -1.23. The highest BCUT2D eigenvalue weighted by Crippen LogP contribution is 2.36. The zero-order valence-electron chi connectivity index (χ0n) is 15.2.